The Morgan fingerprint density at radius 3 is 2.29 bits per heavy atom. The summed E-state index contributed by atoms with van der Waals surface area (Å²) in [6.07, 6.45) is 12.9. The minimum Gasteiger partial charge on any atom is -0.342 e. The minimum absolute atomic E-state index is 0.0826. The summed E-state index contributed by atoms with van der Waals surface area (Å²) < 4.78 is 0. The molecule has 1 amide bonds. The fraction of sp³-hybridized carbons (Fsp3) is 0.944. The van der Waals surface area contributed by atoms with E-state index in [2.05, 4.69) is 11.8 Å². The number of hydrogen-bond acceptors (Lipinski definition) is 2. The highest BCUT2D eigenvalue weighted by Crippen LogP contribution is 2.45. The van der Waals surface area contributed by atoms with Crippen molar-refractivity contribution < 1.29 is 4.79 Å². The largest absolute Gasteiger partial charge is 0.342 e. The van der Waals surface area contributed by atoms with Crippen LogP contribution in [0.1, 0.15) is 71.1 Å². The molecule has 0 aromatic carbocycles. The lowest BCUT2D eigenvalue weighted by Crippen LogP contribution is -2.52. The zero-order valence-corrected chi connectivity index (χ0v) is 13.7. The topological polar surface area (TPSA) is 46.3 Å². The first kappa shape index (κ1) is 15.3. The third kappa shape index (κ3) is 3.13. The van der Waals surface area contributed by atoms with Crippen molar-refractivity contribution in [2.45, 2.75) is 77.2 Å². The van der Waals surface area contributed by atoms with Crippen molar-refractivity contribution in [2.75, 3.05) is 13.1 Å². The normalized spacial score (nSPS) is 36.7. The summed E-state index contributed by atoms with van der Waals surface area (Å²) >= 11 is 0. The lowest BCUT2D eigenvalue weighted by atomic mass is 9.68. The van der Waals surface area contributed by atoms with E-state index >= 15 is 0 Å². The van der Waals surface area contributed by atoms with Crippen LogP contribution >= 0.6 is 0 Å². The number of nitrogens with two attached hydrogens (primary N) is 1. The number of rotatable bonds is 1. The molecule has 3 atom stereocenters. The van der Waals surface area contributed by atoms with E-state index in [1.54, 1.807) is 0 Å². The molecular formula is C18H32N2O. The minimum atomic E-state index is 0.0826. The smallest absolute Gasteiger partial charge is 0.227 e. The van der Waals surface area contributed by atoms with Crippen molar-refractivity contribution in [1.29, 1.82) is 0 Å². The Balaban J connectivity index is 1.59. The molecule has 3 rings (SSSR count). The fourth-order valence-corrected chi connectivity index (χ4v) is 5.10. The van der Waals surface area contributed by atoms with Gasteiger partial charge in [0.25, 0.3) is 0 Å². The summed E-state index contributed by atoms with van der Waals surface area (Å²) in [4.78, 5) is 15.0. The highest BCUT2D eigenvalue weighted by atomic mass is 16.2. The third-order valence-corrected chi connectivity index (χ3v) is 6.61. The van der Waals surface area contributed by atoms with Crippen LogP contribution in [-0.2, 0) is 4.79 Å². The van der Waals surface area contributed by atoms with Crippen molar-refractivity contribution in [1.82, 2.24) is 4.90 Å². The van der Waals surface area contributed by atoms with Gasteiger partial charge in [-0.3, -0.25) is 4.79 Å². The van der Waals surface area contributed by atoms with Gasteiger partial charge >= 0.3 is 0 Å². The maximum Gasteiger partial charge on any atom is 0.227 e. The highest BCUT2D eigenvalue weighted by molar-refractivity contribution is 5.80. The standard InChI is InChI=1S/C18H32N2O/c1-14-6-5-7-15(19)16(14)17(21)20-12-10-18(11-13-20)8-3-2-4-9-18/h14-16H,2-13,19H2,1H3. The molecule has 0 radical (unpaired) electrons. The van der Waals surface area contributed by atoms with Gasteiger partial charge in [-0.25, -0.2) is 0 Å². The van der Waals surface area contributed by atoms with Crippen LogP contribution in [0.3, 0.4) is 0 Å². The molecule has 1 heterocycles. The van der Waals surface area contributed by atoms with Crippen molar-refractivity contribution in [3.05, 3.63) is 0 Å². The lowest BCUT2D eigenvalue weighted by molar-refractivity contribution is -0.141. The van der Waals surface area contributed by atoms with Gasteiger partial charge in [0.1, 0.15) is 0 Å². The first-order valence-electron chi connectivity index (χ1n) is 9.16. The van der Waals surface area contributed by atoms with Crippen molar-refractivity contribution in [3.8, 4) is 0 Å². The molecule has 3 aliphatic rings. The number of amides is 1. The first-order valence-corrected chi connectivity index (χ1v) is 9.16. The van der Waals surface area contributed by atoms with E-state index in [4.69, 9.17) is 5.73 Å². The second-order valence-electron chi connectivity index (χ2n) is 7.98. The van der Waals surface area contributed by atoms with E-state index in [-0.39, 0.29) is 12.0 Å². The van der Waals surface area contributed by atoms with Crippen LogP contribution < -0.4 is 5.73 Å². The average molecular weight is 292 g/mol. The second-order valence-corrected chi connectivity index (χ2v) is 7.98. The maximum atomic E-state index is 12.9. The summed E-state index contributed by atoms with van der Waals surface area (Å²) in [5, 5.41) is 0. The Morgan fingerprint density at radius 1 is 1.00 bits per heavy atom. The summed E-state index contributed by atoms with van der Waals surface area (Å²) in [5.74, 6) is 0.909. The fourth-order valence-electron chi connectivity index (χ4n) is 5.10. The van der Waals surface area contributed by atoms with Crippen LogP contribution in [0.5, 0.6) is 0 Å². The monoisotopic (exact) mass is 292 g/mol. The summed E-state index contributed by atoms with van der Waals surface area (Å²) in [7, 11) is 0. The number of carbonyl (C=O) groups is 1. The molecule has 2 N–H and O–H groups in total. The molecule has 2 saturated carbocycles. The second kappa shape index (κ2) is 6.28. The van der Waals surface area contributed by atoms with Crippen molar-refractivity contribution in [2.24, 2.45) is 23.0 Å². The van der Waals surface area contributed by atoms with Gasteiger partial charge < -0.3 is 10.6 Å². The van der Waals surface area contributed by atoms with Gasteiger partial charge in [0.2, 0.25) is 5.91 Å². The molecule has 0 aromatic heterocycles. The predicted octanol–water partition coefficient (Wildman–Crippen LogP) is 3.32. The van der Waals surface area contributed by atoms with Crippen LogP contribution in [-0.4, -0.2) is 29.9 Å². The Hall–Kier alpha value is -0.570. The zero-order chi connectivity index (χ0) is 14.9. The average Bonchev–Trinajstić information content (AvgIpc) is 2.48. The van der Waals surface area contributed by atoms with Gasteiger partial charge in [-0.05, 0) is 49.9 Å². The molecule has 0 bridgehead atoms. The lowest BCUT2D eigenvalue weighted by Gasteiger charge is -2.46. The van der Waals surface area contributed by atoms with Gasteiger partial charge in [-0.1, -0.05) is 32.6 Å². The SMILES string of the molecule is CC1CCCC(N)C1C(=O)N1CCC2(CCCCC2)CC1. The van der Waals surface area contributed by atoms with E-state index in [9.17, 15) is 4.79 Å². The summed E-state index contributed by atoms with van der Waals surface area (Å²) in [5.41, 5.74) is 6.84. The molecule has 3 unspecified atom stereocenters. The number of carbonyl (C=O) groups excluding carboxylic acids is 1. The van der Waals surface area contributed by atoms with Crippen LogP contribution in [0.4, 0.5) is 0 Å². The molecule has 1 spiro atoms. The number of piperidine rings is 1. The Labute approximate surface area is 129 Å². The van der Waals surface area contributed by atoms with E-state index in [0.29, 0.717) is 17.2 Å². The van der Waals surface area contributed by atoms with Gasteiger partial charge in [0.15, 0.2) is 0 Å². The van der Waals surface area contributed by atoms with E-state index in [1.807, 2.05) is 0 Å². The van der Waals surface area contributed by atoms with Crippen LogP contribution in [0.25, 0.3) is 0 Å². The van der Waals surface area contributed by atoms with Crippen LogP contribution in [0.15, 0.2) is 0 Å². The third-order valence-electron chi connectivity index (χ3n) is 6.61. The first-order chi connectivity index (χ1) is 10.1. The molecule has 1 saturated heterocycles. The molecule has 120 valence electrons. The Bertz CT molecular complexity index is 355. The van der Waals surface area contributed by atoms with Gasteiger partial charge in [-0.2, -0.15) is 0 Å². The van der Waals surface area contributed by atoms with Crippen LogP contribution in [0, 0.1) is 17.3 Å². The highest BCUT2D eigenvalue weighted by Gasteiger charge is 2.41. The van der Waals surface area contributed by atoms with Gasteiger partial charge in [-0.15, -0.1) is 0 Å². The molecule has 3 fully saturated rings. The Morgan fingerprint density at radius 2 is 1.67 bits per heavy atom. The molecule has 21 heavy (non-hydrogen) atoms. The van der Waals surface area contributed by atoms with E-state index in [0.717, 1.165) is 19.5 Å². The van der Waals surface area contributed by atoms with Gasteiger partial charge in [0.05, 0.1) is 5.92 Å². The van der Waals surface area contributed by atoms with E-state index < -0.39 is 0 Å². The zero-order valence-electron chi connectivity index (χ0n) is 13.7. The summed E-state index contributed by atoms with van der Waals surface area (Å²) in [6, 6.07) is 0.0896. The number of hydrogen-bond donors (Lipinski definition) is 1. The molecule has 0 aromatic rings. The molecule has 1 aliphatic heterocycles. The molecule has 3 nitrogen and oxygen atoms in total. The quantitative estimate of drug-likeness (QED) is 0.806. The van der Waals surface area contributed by atoms with Gasteiger partial charge in [0, 0.05) is 19.1 Å². The predicted molar refractivity (Wildman–Crippen MR) is 85.8 cm³/mol. The van der Waals surface area contributed by atoms with Crippen molar-refractivity contribution in [3.63, 3.8) is 0 Å². The maximum absolute atomic E-state index is 12.9. The Kier molecular flexibility index (Phi) is 4.58. The number of nitrogens with zero attached hydrogens (tertiary/aromatic N) is 1. The number of likely N-dealkylation sites (tertiary alicyclic amines) is 1. The molecule has 3 heteroatoms. The summed E-state index contributed by atoms with van der Waals surface area (Å²) in [6.45, 7) is 4.18. The van der Waals surface area contributed by atoms with E-state index in [1.165, 1.54) is 57.8 Å². The van der Waals surface area contributed by atoms with Crippen LogP contribution in [0.2, 0.25) is 0 Å². The van der Waals surface area contributed by atoms with Crippen molar-refractivity contribution >= 4 is 5.91 Å². The molecular weight excluding hydrogens is 260 g/mol. The molecule has 2 aliphatic carbocycles.